The van der Waals surface area contributed by atoms with Gasteiger partial charge in [-0.2, -0.15) is 0 Å². The number of pyridine rings is 1. The molecule has 0 saturated heterocycles. The summed E-state index contributed by atoms with van der Waals surface area (Å²) in [5.41, 5.74) is 6.55. The zero-order chi connectivity index (χ0) is 10.6. The molecule has 0 spiro atoms. The van der Waals surface area contributed by atoms with Crippen LogP contribution in [0.3, 0.4) is 0 Å². The summed E-state index contributed by atoms with van der Waals surface area (Å²) >= 11 is 0. The van der Waals surface area contributed by atoms with Crippen molar-refractivity contribution < 1.29 is 4.74 Å². The topological polar surface area (TPSA) is 51.4 Å². The molecule has 1 rings (SSSR count). The van der Waals surface area contributed by atoms with Crippen molar-refractivity contribution in [3.05, 3.63) is 18.3 Å². The number of nitrogen functional groups attached to an aromatic ring is 1. The maximum absolute atomic E-state index is 5.51. The second-order valence-corrected chi connectivity index (χ2v) is 3.36. The van der Waals surface area contributed by atoms with E-state index in [4.69, 9.17) is 10.5 Å². The minimum absolute atomic E-state index is 0. The van der Waals surface area contributed by atoms with Crippen LogP contribution in [0.1, 0.15) is 6.92 Å². The molecule has 0 saturated carbocycles. The van der Waals surface area contributed by atoms with Crippen LogP contribution in [-0.2, 0) is 4.74 Å². The quantitative estimate of drug-likeness (QED) is 0.907. The van der Waals surface area contributed by atoms with Crippen molar-refractivity contribution in [2.75, 3.05) is 31.4 Å². The molecule has 0 bridgehead atoms. The molecule has 0 radical (unpaired) electrons. The van der Waals surface area contributed by atoms with Gasteiger partial charge in [0.2, 0.25) is 0 Å². The first-order chi connectivity index (χ1) is 6.65. The van der Waals surface area contributed by atoms with Gasteiger partial charge in [-0.15, -0.1) is 24.8 Å². The number of nitrogens with zero attached hydrogens (tertiary/aromatic N) is 2. The second-order valence-electron chi connectivity index (χ2n) is 3.36. The van der Waals surface area contributed by atoms with Crippen molar-refractivity contribution in [2.45, 2.75) is 13.0 Å². The lowest BCUT2D eigenvalue weighted by molar-refractivity contribution is 0.183. The van der Waals surface area contributed by atoms with Crippen LogP contribution in [0.5, 0.6) is 0 Å². The standard InChI is InChI=1S/C10H17N3O.2ClH/c1-8(7-14-3)13(2)9-4-5-10(11)12-6-9;;/h4-6,8H,7H2,1-3H3,(H2,11,12);2*1H. The minimum Gasteiger partial charge on any atom is -0.384 e. The molecule has 1 unspecified atom stereocenters. The summed E-state index contributed by atoms with van der Waals surface area (Å²) < 4.78 is 5.08. The highest BCUT2D eigenvalue weighted by Crippen LogP contribution is 2.14. The second kappa shape index (κ2) is 8.44. The number of ether oxygens (including phenoxy) is 1. The molecule has 1 aromatic heterocycles. The first-order valence-electron chi connectivity index (χ1n) is 4.58. The van der Waals surface area contributed by atoms with E-state index >= 15 is 0 Å². The fourth-order valence-corrected chi connectivity index (χ4v) is 1.21. The summed E-state index contributed by atoms with van der Waals surface area (Å²) in [6, 6.07) is 4.07. The molecule has 0 fully saturated rings. The van der Waals surface area contributed by atoms with E-state index in [1.165, 1.54) is 0 Å². The maximum Gasteiger partial charge on any atom is 0.123 e. The molecule has 0 aliphatic carbocycles. The number of methoxy groups -OCH3 is 1. The number of halogens is 2. The van der Waals surface area contributed by atoms with Crippen molar-refractivity contribution >= 4 is 36.3 Å². The summed E-state index contributed by atoms with van der Waals surface area (Å²) in [6.45, 7) is 2.79. The number of nitrogens with two attached hydrogens (primary N) is 1. The average Bonchev–Trinajstić information content (AvgIpc) is 2.18. The Bertz CT molecular complexity index is 282. The number of aromatic nitrogens is 1. The summed E-state index contributed by atoms with van der Waals surface area (Å²) in [4.78, 5) is 6.15. The molecule has 1 atom stereocenters. The highest BCUT2D eigenvalue weighted by atomic mass is 35.5. The van der Waals surface area contributed by atoms with E-state index in [-0.39, 0.29) is 24.8 Å². The van der Waals surface area contributed by atoms with Crippen molar-refractivity contribution in [3.63, 3.8) is 0 Å². The lowest BCUT2D eigenvalue weighted by atomic mass is 10.3. The van der Waals surface area contributed by atoms with E-state index in [0.717, 1.165) is 5.69 Å². The first-order valence-corrected chi connectivity index (χ1v) is 4.58. The van der Waals surface area contributed by atoms with Crippen molar-refractivity contribution in [1.82, 2.24) is 4.98 Å². The Balaban J connectivity index is 0. The Morgan fingerprint density at radius 1 is 1.44 bits per heavy atom. The van der Waals surface area contributed by atoms with Crippen LogP contribution in [0.2, 0.25) is 0 Å². The molecule has 1 heterocycles. The summed E-state index contributed by atoms with van der Waals surface area (Å²) in [5, 5.41) is 0. The summed E-state index contributed by atoms with van der Waals surface area (Å²) in [7, 11) is 3.71. The molecule has 1 aromatic rings. The van der Waals surface area contributed by atoms with Crippen LogP contribution in [-0.4, -0.2) is 31.8 Å². The van der Waals surface area contributed by atoms with Crippen LogP contribution >= 0.6 is 24.8 Å². The molecule has 16 heavy (non-hydrogen) atoms. The third-order valence-electron chi connectivity index (χ3n) is 2.25. The Kier molecular flexibility index (Phi) is 9.33. The maximum atomic E-state index is 5.51. The first kappa shape index (κ1) is 17.7. The Labute approximate surface area is 109 Å². The van der Waals surface area contributed by atoms with E-state index in [9.17, 15) is 0 Å². The number of hydrogen-bond acceptors (Lipinski definition) is 4. The van der Waals surface area contributed by atoms with Gasteiger partial charge in [-0.05, 0) is 19.1 Å². The van der Waals surface area contributed by atoms with Crippen LogP contribution in [0.25, 0.3) is 0 Å². The zero-order valence-electron chi connectivity index (χ0n) is 9.71. The van der Waals surface area contributed by atoms with Gasteiger partial charge in [-0.3, -0.25) is 0 Å². The van der Waals surface area contributed by atoms with Crippen molar-refractivity contribution in [1.29, 1.82) is 0 Å². The van der Waals surface area contributed by atoms with E-state index in [0.29, 0.717) is 18.5 Å². The normalized spacial score (nSPS) is 10.9. The third kappa shape index (κ3) is 4.88. The van der Waals surface area contributed by atoms with Gasteiger partial charge < -0.3 is 15.4 Å². The van der Waals surface area contributed by atoms with Gasteiger partial charge in [0.05, 0.1) is 18.5 Å². The van der Waals surface area contributed by atoms with Crippen molar-refractivity contribution in [3.8, 4) is 0 Å². The Morgan fingerprint density at radius 2 is 2.06 bits per heavy atom. The summed E-state index contributed by atoms with van der Waals surface area (Å²) in [5.74, 6) is 0.543. The van der Waals surface area contributed by atoms with Gasteiger partial charge in [-0.1, -0.05) is 0 Å². The van der Waals surface area contributed by atoms with Gasteiger partial charge in [0.25, 0.3) is 0 Å². The van der Waals surface area contributed by atoms with E-state index < -0.39 is 0 Å². The Hall–Kier alpha value is -0.710. The number of rotatable bonds is 4. The molecule has 94 valence electrons. The molecule has 4 nitrogen and oxygen atoms in total. The smallest absolute Gasteiger partial charge is 0.123 e. The highest BCUT2D eigenvalue weighted by molar-refractivity contribution is 5.85. The van der Waals surface area contributed by atoms with Crippen LogP contribution in [0.4, 0.5) is 11.5 Å². The fraction of sp³-hybridized carbons (Fsp3) is 0.500. The molecular formula is C10H19Cl2N3O. The van der Waals surface area contributed by atoms with E-state index in [1.54, 1.807) is 19.4 Å². The average molecular weight is 268 g/mol. The summed E-state index contributed by atoms with van der Waals surface area (Å²) in [6.07, 6.45) is 1.77. The van der Waals surface area contributed by atoms with Crippen LogP contribution in [0.15, 0.2) is 18.3 Å². The molecule has 0 amide bonds. The molecule has 0 aliphatic rings. The van der Waals surface area contributed by atoms with Gasteiger partial charge in [0.1, 0.15) is 5.82 Å². The highest BCUT2D eigenvalue weighted by Gasteiger charge is 2.09. The van der Waals surface area contributed by atoms with E-state index in [1.807, 2.05) is 13.1 Å². The number of likely N-dealkylation sites (N-methyl/N-ethyl adjacent to an activating group) is 1. The molecule has 2 N–H and O–H groups in total. The van der Waals surface area contributed by atoms with Gasteiger partial charge in [0.15, 0.2) is 0 Å². The molecule has 0 aliphatic heterocycles. The predicted octanol–water partition coefficient (Wildman–Crippen LogP) is 1.98. The minimum atomic E-state index is 0. The van der Waals surface area contributed by atoms with Crippen molar-refractivity contribution in [2.24, 2.45) is 0 Å². The third-order valence-corrected chi connectivity index (χ3v) is 2.25. The van der Waals surface area contributed by atoms with E-state index in [2.05, 4.69) is 16.8 Å². The van der Waals surface area contributed by atoms with Gasteiger partial charge in [0, 0.05) is 20.2 Å². The predicted molar refractivity (Wildman–Crippen MR) is 72.9 cm³/mol. The SMILES string of the molecule is COCC(C)N(C)c1ccc(N)nc1.Cl.Cl. The molecular weight excluding hydrogens is 249 g/mol. The zero-order valence-corrected chi connectivity index (χ0v) is 11.3. The monoisotopic (exact) mass is 267 g/mol. The molecule has 6 heteroatoms. The molecule has 0 aromatic carbocycles. The number of anilines is 2. The largest absolute Gasteiger partial charge is 0.384 e. The lowest BCUT2D eigenvalue weighted by Crippen LogP contribution is -2.32. The van der Waals surface area contributed by atoms with Gasteiger partial charge >= 0.3 is 0 Å². The van der Waals surface area contributed by atoms with Crippen LogP contribution in [0, 0.1) is 0 Å². The number of hydrogen-bond donors (Lipinski definition) is 1. The fourth-order valence-electron chi connectivity index (χ4n) is 1.21. The van der Waals surface area contributed by atoms with Crippen LogP contribution < -0.4 is 10.6 Å². The lowest BCUT2D eigenvalue weighted by Gasteiger charge is -2.25. The Morgan fingerprint density at radius 3 is 2.50 bits per heavy atom. The van der Waals surface area contributed by atoms with Gasteiger partial charge in [-0.25, -0.2) is 4.98 Å².